The van der Waals surface area contributed by atoms with E-state index in [1.54, 1.807) is 6.33 Å². The SMILES string of the molecule is Cn1cnc2c(-c3cc(S(=O)(=O)NC4(C#N)CC4)cn4c(-c5nnc(C(F)F)s5)ncc34)cccc21. The number of imidazole rings is 2. The Morgan fingerprint density at radius 3 is 2.69 bits per heavy atom. The number of hydrogen-bond acceptors (Lipinski definition) is 8. The molecule has 182 valence electrons. The van der Waals surface area contributed by atoms with Crippen molar-refractivity contribution < 1.29 is 17.2 Å². The van der Waals surface area contributed by atoms with E-state index < -0.39 is 27.0 Å². The molecule has 1 aromatic carbocycles. The van der Waals surface area contributed by atoms with Crippen LogP contribution in [0.2, 0.25) is 0 Å². The summed E-state index contributed by atoms with van der Waals surface area (Å²) in [5, 5.41) is 16.4. The summed E-state index contributed by atoms with van der Waals surface area (Å²) < 4.78 is 58.9. The molecule has 4 heterocycles. The van der Waals surface area contributed by atoms with Crippen LogP contribution in [0.4, 0.5) is 8.78 Å². The molecule has 0 saturated heterocycles. The highest BCUT2D eigenvalue weighted by Crippen LogP contribution is 2.38. The average molecular weight is 527 g/mol. The van der Waals surface area contributed by atoms with Crippen molar-refractivity contribution >= 4 is 37.9 Å². The van der Waals surface area contributed by atoms with Gasteiger partial charge in [0.15, 0.2) is 15.8 Å². The molecule has 4 aromatic heterocycles. The first-order chi connectivity index (χ1) is 17.2. The number of fused-ring (bicyclic) bond motifs is 2. The van der Waals surface area contributed by atoms with Gasteiger partial charge in [0.25, 0.3) is 6.43 Å². The summed E-state index contributed by atoms with van der Waals surface area (Å²) in [6.45, 7) is 0. The summed E-state index contributed by atoms with van der Waals surface area (Å²) in [4.78, 5) is 8.74. The van der Waals surface area contributed by atoms with Crippen molar-refractivity contribution in [1.82, 2.24) is 33.9 Å². The molecule has 0 atom stereocenters. The molecule has 0 amide bonds. The number of sulfonamides is 1. The molecular weight excluding hydrogens is 510 g/mol. The maximum absolute atomic E-state index is 13.4. The molecule has 1 fully saturated rings. The van der Waals surface area contributed by atoms with Crippen molar-refractivity contribution in [2.24, 2.45) is 7.05 Å². The number of aryl methyl sites for hydroxylation is 1. The lowest BCUT2D eigenvalue weighted by molar-refractivity contribution is 0.150. The minimum absolute atomic E-state index is 0.114. The molecule has 0 radical (unpaired) electrons. The second-order valence-electron chi connectivity index (χ2n) is 8.50. The number of para-hydroxylation sites is 1. The number of aromatic nitrogens is 6. The van der Waals surface area contributed by atoms with Gasteiger partial charge >= 0.3 is 0 Å². The van der Waals surface area contributed by atoms with Crippen molar-refractivity contribution in [2.75, 3.05) is 0 Å². The number of nitrogens with one attached hydrogen (secondary N) is 1. The molecule has 1 N–H and O–H groups in total. The maximum Gasteiger partial charge on any atom is 0.291 e. The first kappa shape index (κ1) is 22.7. The van der Waals surface area contributed by atoms with Crippen LogP contribution < -0.4 is 4.72 Å². The molecule has 0 spiro atoms. The van der Waals surface area contributed by atoms with Crippen molar-refractivity contribution in [2.45, 2.75) is 29.7 Å². The summed E-state index contributed by atoms with van der Waals surface area (Å²) >= 11 is 0.679. The van der Waals surface area contributed by atoms with Crippen LogP contribution in [0.25, 0.3) is 38.5 Å². The summed E-state index contributed by atoms with van der Waals surface area (Å²) in [5.74, 6) is 0.169. The predicted molar refractivity (Wildman–Crippen MR) is 127 cm³/mol. The fraction of sp³-hybridized carbons (Fsp3) is 0.227. The Morgan fingerprint density at radius 1 is 1.19 bits per heavy atom. The van der Waals surface area contributed by atoms with Gasteiger partial charge in [0, 0.05) is 24.4 Å². The third kappa shape index (κ3) is 3.55. The third-order valence-electron chi connectivity index (χ3n) is 6.08. The molecule has 14 heteroatoms. The number of halogens is 2. The first-order valence-corrected chi connectivity index (χ1v) is 13.0. The Labute approximate surface area is 206 Å². The molecule has 1 aliphatic carbocycles. The second kappa shape index (κ2) is 7.85. The minimum Gasteiger partial charge on any atom is -0.334 e. The van der Waals surface area contributed by atoms with Gasteiger partial charge in [0.2, 0.25) is 10.0 Å². The van der Waals surface area contributed by atoms with Crippen LogP contribution in [0.1, 0.15) is 24.3 Å². The smallest absolute Gasteiger partial charge is 0.291 e. The van der Waals surface area contributed by atoms with E-state index in [2.05, 4.69) is 24.9 Å². The van der Waals surface area contributed by atoms with E-state index in [4.69, 9.17) is 0 Å². The van der Waals surface area contributed by atoms with Gasteiger partial charge in [-0.1, -0.05) is 23.5 Å². The molecule has 0 aliphatic heterocycles. The van der Waals surface area contributed by atoms with E-state index in [9.17, 15) is 22.5 Å². The Kier molecular flexibility index (Phi) is 4.94. The highest BCUT2D eigenvalue weighted by Gasteiger charge is 2.47. The van der Waals surface area contributed by atoms with Crippen molar-refractivity contribution in [3.8, 4) is 28.0 Å². The lowest BCUT2D eigenvalue weighted by Gasteiger charge is -2.14. The van der Waals surface area contributed by atoms with Crippen molar-refractivity contribution in [1.29, 1.82) is 5.26 Å². The Morgan fingerprint density at radius 2 is 2.00 bits per heavy atom. The number of alkyl halides is 2. The van der Waals surface area contributed by atoms with Crippen LogP contribution in [-0.2, 0) is 17.1 Å². The molecule has 5 aromatic rings. The van der Waals surface area contributed by atoms with Gasteiger partial charge in [0.1, 0.15) is 5.54 Å². The van der Waals surface area contributed by atoms with Crippen molar-refractivity contribution in [3.63, 3.8) is 0 Å². The highest BCUT2D eigenvalue weighted by atomic mass is 32.2. The fourth-order valence-corrected chi connectivity index (χ4v) is 6.15. The summed E-state index contributed by atoms with van der Waals surface area (Å²) in [5.41, 5.74) is 2.06. The van der Waals surface area contributed by atoms with Gasteiger partial charge in [-0.2, -0.15) is 9.98 Å². The fourth-order valence-electron chi connectivity index (χ4n) is 4.06. The van der Waals surface area contributed by atoms with Crippen LogP contribution in [0, 0.1) is 11.3 Å². The topological polar surface area (TPSA) is 131 Å². The van der Waals surface area contributed by atoms with Crippen LogP contribution in [0.15, 0.2) is 47.9 Å². The van der Waals surface area contributed by atoms with Crippen LogP contribution in [-0.4, -0.2) is 43.1 Å². The highest BCUT2D eigenvalue weighted by molar-refractivity contribution is 7.89. The summed E-state index contributed by atoms with van der Waals surface area (Å²) in [7, 11) is -2.27. The van der Waals surface area contributed by atoms with Gasteiger partial charge in [0.05, 0.1) is 40.0 Å². The summed E-state index contributed by atoms with van der Waals surface area (Å²) in [6.07, 6.45) is 2.58. The van der Waals surface area contributed by atoms with E-state index in [0.29, 0.717) is 46.3 Å². The molecule has 10 nitrogen and oxygen atoms in total. The zero-order valence-corrected chi connectivity index (χ0v) is 20.2. The zero-order chi connectivity index (χ0) is 25.2. The minimum atomic E-state index is -4.12. The third-order valence-corrected chi connectivity index (χ3v) is 8.51. The number of nitriles is 1. The van der Waals surface area contributed by atoms with Gasteiger partial charge in [-0.15, -0.1) is 10.2 Å². The predicted octanol–water partition coefficient (Wildman–Crippen LogP) is 3.68. The lowest BCUT2D eigenvalue weighted by atomic mass is 10.0. The van der Waals surface area contributed by atoms with E-state index in [-0.39, 0.29) is 15.7 Å². The monoisotopic (exact) mass is 526 g/mol. The Hall–Kier alpha value is -3.80. The average Bonchev–Trinajstić information content (AvgIpc) is 3.21. The molecule has 0 bridgehead atoms. The normalized spacial score (nSPS) is 15.1. The molecular formula is C22H16F2N8O2S2. The number of benzene rings is 1. The molecule has 1 saturated carbocycles. The molecule has 1 aliphatic rings. The van der Waals surface area contributed by atoms with Crippen LogP contribution in [0.3, 0.4) is 0 Å². The zero-order valence-electron chi connectivity index (χ0n) is 18.6. The van der Waals surface area contributed by atoms with Crippen LogP contribution in [0.5, 0.6) is 0 Å². The molecule has 6 rings (SSSR count). The van der Waals surface area contributed by atoms with Gasteiger partial charge in [-0.25, -0.2) is 27.2 Å². The number of nitrogens with zero attached hydrogens (tertiary/aromatic N) is 7. The van der Waals surface area contributed by atoms with E-state index in [1.807, 2.05) is 35.9 Å². The first-order valence-electron chi connectivity index (χ1n) is 10.7. The quantitative estimate of drug-likeness (QED) is 0.357. The standard InChI is InChI=1S/C22H16F2N8O2S2/c1-31-11-27-17-13(3-2-4-15(17)31)14-7-12(36(33,34)30-22(10-25)5-6-22)9-32-16(14)8-26-19(32)21-29-28-20(35-21)18(23)24/h2-4,7-9,11,18,30H,5-6H2,1H3. The number of hydrogen-bond donors (Lipinski definition) is 1. The maximum atomic E-state index is 13.4. The number of rotatable bonds is 6. The number of pyridine rings is 1. The second-order valence-corrected chi connectivity index (χ2v) is 11.2. The molecule has 0 unspecified atom stereocenters. The van der Waals surface area contributed by atoms with Crippen molar-refractivity contribution in [3.05, 3.63) is 48.0 Å². The Bertz CT molecular complexity index is 1810. The van der Waals surface area contributed by atoms with E-state index >= 15 is 0 Å². The van der Waals surface area contributed by atoms with E-state index in [0.717, 1.165) is 5.52 Å². The lowest BCUT2D eigenvalue weighted by Crippen LogP contribution is -2.35. The van der Waals surface area contributed by atoms with E-state index in [1.165, 1.54) is 22.9 Å². The molecule has 36 heavy (non-hydrogen) atoms. The Balaban J connectivity index is 1.61. The summed E-state index contributed by atoms with van der Waals surface area (Å²) in [6, 6.07) is 9.07. The van der Waals surface area contributed by atoms with Gasteiger partial charge in [-0.05, 0) is 25.0 Å². The largest absolute Gasteiger partial charge is 0.334 e. The van der Waals surface area contributed by atoms with Gasteiger partial charge in [-0.3, -0.25) is 4.40 Å². The van der Waals surface area contributed by atoms with Crippen LogP contribution >= 0.6 is 11.3 Å². The van der Waals surface area contributed by atoms with Gasteiger partial charge < -0.3 is 4.57 Å².